The van der Waals surface area contributed by atoms with E-state index in [2.05, 4.69) is 20.8 Å². The van der Waals surface area contributed by atoms with E-state index < -0.39 is 17.7 Å². The lowest BCUT2D eigenvalue weighted by atomic mass is 9.95. The van der Waals surface area contributed by atoms with Crippen LogP contribution in [0.1, 0.15) is 23.6 Å². The number of hydrogen-bond donors (Lipinski definition) is 1. The molecule has 1 unspecified atom stereocenters. The summed E-state index contributed by atoms with van der Waals surface area (Å²) in [6, 6.07) is 13.6. The molecule has 2 aromatic rings. The first-order chi connectivity index (χ1) is 16.0. The van der Waals surface area contributed by atoms with Gasteiger partial charge in [-0.15, -0.1) is 0 Å². The number of hydrogen-bond acceptors (Lipinski definition) is 6. The average Bonchev–Trinajstić information content (AvgIpc) is 3.10. The lowest BCUT2D eigenvalue weighted by Crippen LogP contribution is -2.38. The van der Waals surface area contributed by atoms with Crippen molar-refractivity contribution in [3.05, 3.63) is 69.7 Å². The van der Waals surface area contributed by atoms with Gasteiger partial charge in [0.05, 0.1) is 31.9 Å². The maximum Gasteiger partial charge on any atom is 0.295 e. The quantitative estimate of drug-likeness (QED) is 0.345. The Kier molecular flexibility index (Phi) is 7.47. The van der Waals surface area contributed by atoms with E-state index in [4.69, 9.17) is 9.47 Å². The zero-order valence-corrected chi connectivity index (χ0v) is 20.1. The van der Waals surface area contributed by atoms with Crippen LogP contribution in [-0.4, -0.2) is 73.1 Å². The Bertz CT molecular complexity index is 1050. The molecule has 4 rings (SSSR count). The van der Waals surface area contributed by atoms with Crippen LogP contribution in [0.4, 0.5) is 0 Å². The number of likely N-dealkylation sites (tertiary alicyclic amines) is 1. The molecule has 0 aromatic heterocycles. The molecule has 33 heavy (non-hydrogen) atoms. The second-order valence-corrected chi connectivity index (χ2v) is 9.00. The third kappa shape index (κ3) is 5.13. The number of halogens is 1. The van der Waals surface area contributed by atoms with Crippen molar-refractivity contribution >= 4 is 33.4 Å². The molecule has 1 amide bonds. The highest BCUT2D eigenvalue weighted by Crippen LogP contribution is 2.40. The standard InChI is InChI=1S/C25H27BrN2O5/c1-32-20-5-2-4-18(16-20)22-21(23(29)17-6-8-19(26)9-7-17)24(30)25(31)28(22)11-3-10-27-12-14-33-15-13-27/h2,4-9,16,22,29H,3,10-15H2,1H3. The van der Waals surface area contributed by atoms with Crippen molar-refractivity contribution in [3.63, 3.8) is 0 Å². The van der Waals surface area contributed by atoms with Crippen LogP contribution in [0.25, 0.3) is 5.76 Å². The molecule has 2 aliphatic rings. The smallest absolute Gasteiger partial charge is 0.295 e. The Balaban J connectivity index is 1.68. The van der Waals surface area contributed by atoms with Gasteiger partial charge in [-0.3, -0.25) is 14.5 Å². The Labute approximate surface area is 201 Å². The number of benzene rings is 2. The minimum Gasteiger partial charge on any atom is -0.507 e. The number of amides is 1. The summed E-state index contributed by atoms with van der Waals surface area (Å²) in [4.78, 5) is 30.1. The highest BCUT2D eigenvalue weighted by Gasteiger charge is 2.45. The summed E-state index contributed by atoms with van der Waals surface area (Å²) >= 11 is 3.38. The fourth-order valence-corrected chi connectivity index (χ4v) is 4.59. The molecule has 2 heterocycles. The van der Waals surface area contributed by atoms with Gasteiger partial charge >= 0.3 is 0 Å². The number of aliphatic hydroxyl groups is 1. The molecule has 0 saturated carbocycles. The van der Waals surface area contributed by atoms with E-state index in [0.717, 1.165) is 29.7 Å². The highest BCUT2D eigenvalue weighted by molar-refractivity contribution is 9.10. The van der Waals surface area contributed by atoms with E-state index in [1.807, 2.05) is 18.2 Å². The molecule has 0 spiro atoms. The second-order valence-electron chi connectivity index (χ2n) is 8.08. The van der Waals surface area contributed by atoms with Gasteiger partial charge in [0.2, 0.25) is 0 Å². The third-order valence-electron chi connectivity index (χ3n) is 6.04. The number of methoxy groups -OCH3 is 1. The van der Waals surface area contributed by atoms with Gasteiger partial charge in [0.15, 0.2) is 0 Å². The fourth-order valence-electron chi connectivity index (χ4n) is 4.32. The number of carbonyl (C=O) groups excluding carboxylic acids is 2. The van der Waals surface area contributed by atoms with Crippen LogP contribution in [0, 0.1) is 0 Å². The molecule has 0 bridgehead atoms. The molecule has 174 valence electrons. The summed E-state index contributed by atoms with van der Waals surface area (Å²) in [5.41, 5.74) is 1.30. The average molecular weight is 515 g/mol. The van der Waals surface area contributed by atoms with Crippen molar-refractivity contribution in [2.75, 3.05) is 46.5 Å². The van der Waals surface area contributed by atoms with E-state index in [1.54, 1.807) is 42.3 Å². The van der Waals surface area contributed by atoms with Gasteiger partial charge < -0.3 is 19.5 Å². The van der Waals surface area contributed by atoms with Crippen LogP contribution >= 0.6 is 15.9 Å². The monoisotopic (exact) mass is 514 g/mol. The summed E-state index contributed by atoms with van der Waals surface area (Å²) in [6.07, 6.45) is 0.714. The van der Waals surface area contributed by atoms with Crippen molar-refractivity contribution in [2.24, 2.45) is 0 Å². The largest absolute Gasteiger partial charge is 0.507 e. The van der Waals surface area contributed by atoms with Gasteiger partial charge in [-0.2, -0.15) is 0 Å². The van der Waals surface area contributed by atoms with Crippen LogP contribution in [0.15, 0.2) is 58.6 Å². The molecule has 2 saturated heterocycles. The topological polar surface area (TPSA) is 79.3 Å². The number of nitrogens with zero attached hydrogens (tertiary/aromatic N) is 2. The maximum absolute atomic E-state index is 13.1. The zero-order valence-electron chi connectivity index (χ0n) is 18.5. The van der Waals surface area contributed by atoms with Crippen LogP contribution in [0.2, 0.25) is 0 Å². The summed E-state index contributed by atoms with van der Waals surface area (Å²) in [7, 11) is 1.57. The van der Waals surface area contributed by atoms with E-state index >= 15 is 0 Å². The molecule has 1 atom stereocenters. The van der Waals surface area contributed by atoms with Crippen LogP contribution < -0.4 is 4.74 Å². The lowest BCUT2D eigenvalue weighted by Gasteiger charge is -2.29. The zero-order chi connectivity index (χ0) is 23.4. The lowest BCUT2D eigenvalue weighted by molar-refractivity contribution is -0.140. The van der Waals surface area contributed by atoms with Crippen molar-refractivity contribution in [2.45, 2.75) is 12.5 Å². The van der Waals surface area contributed by atoms with Gasteiger partial charge in [-0.25, -0.2) is 0 Å². The van der Waals surface area contributed by atoms with Crippen LogP contribution in [-0.2, 0) is 14.3 Å². The molecule has 2 fully saturated rings. The maximum atomic E-state index is 13.1. The molecule has 7 nitrogen and oxygen atoms in total. The van der Waals surface area contributed by atoms with Gasteiger partial charge in [0.25, 0.3) is 11.7 Å². The van der Waals surface area contributed by atoms with Crippen molar-refractivity contribution in [1.29, 1.82) is 0 Å². The van der Waals surface area contributed by atoms with Gasteiger partial charge in [0, 0.05) is 36.2 Å². The molecule has 8 heteroatoms. The third-order valence-corrected chi connectivity index (χ3v) is 6.57. The van der Waals surface area contributed by atoms with E-state index in [0.29, 0.717) is 37.5 Å². The first kappa shape index (κ1) is 23.5. The van der Waals surface area contributed by atoms with Crippen molar-refractivity contribution < 1.29 is 24.2 Å². The Morgan fingerprint density at radius 2 is 1.85 bits per heavy atom. The van der Waals surface area contributed by atoms with E-state index in [9.17, 15) is 14.7 Å². The van der Waals surface area contributed by atoms with E-state index in [-0.39, 0.29) is 11.3 Å². The SMILES string of the molecule is COc1cccc(C2C(=C(O)c3ccc(Br)cc3)C(=O)C(=O)N2CCCN2CCOCC2)c1. The molecular weight excluding hydrogens is 488 g/mol. The Morgan fingerprint density at radius 1 is 1.12 bits per heavy atom. The van der Waals surface area contributed by atoms with Crippen molar-refractivity contribution in [1.82, 2.24) is 9.80 Å². The number of aliphatic hydroxyl groups excluding tert-OH is 1. The minimum atomic E-state index is -0.687. The summed E-state index contributed by atoms with van der Waals surface area (Å²) in [5.74, 6) is -0.822. The molecular formula is C25H27BrN2O5. The molecule has 2 aromatic carbocycles. The van der Waals surface area contributed by atoms with Gasteiger partial charge in [-0.05, 0) is 36.2 Å². The van der Waals surface area contributed by atoms with E-state index in [1.165, 1.54) is 0 Å². The Hall–Kier alpha value is -2.68. The van der Waals surface area contributed by atoms with Crippen molar-refractivity contribution in [3.8, 4) is 5.75 Å². The number of Topliss-reactive ketones (excluding diaryl/α,β-unsaturated/α-hetero) is 1. The fraction of sp³-hybridized carbons (Fsp3) is 0.360. The predicted molar refractivity (Wildman–Crippen MR) is 128 cm³/mol. The normalized spacial score (nSPS) is 20.9. The molecule has 1 N–H and O–H groups in total. The number of rotatable bonds is 7. The number of ketones is 1. The first-order valence-electron chi connectivity index (χ1n) is 11.0. The number of ether oxygens (including phenoxy) is 2. The second kappa shape index (κ2) is 10.5. The van der Waals surface area contributed by atoms with Gasteiger partial charge in [0.1, 0.15) is 11.5 Å². The number of morpholine rings is 1. The van der Waals surface area contributed by atoms with Crippen LogP contribution in [0.3, 0.4) is 0 Å². The number of carbonyl (C=O) groups is 2. The predicted octanol–water partition coefficient (Wildman–Crippen LogP) is 3.60. The summed E-state index contributed by atoms with van der Waals surface area (Å²) in [6.45, 7) is 4.36. The molecule has 0 radical (unpaired) electrons. The summed E-state index contributed by atoms with van der Waals surface area (Å²) in [5, 5.41) is 11.1. The van der Waals surface area contributed by atoms with Crippen LogP contribution in [0.5, 0.6) is 5.75 Å². The van der Waals surface area contributed by atoms with Gasteiger partial charge in [-0.1, -0.05) is 40.2 Å². The summed E-state index contributed by atoms with van der Waals surface area (Å²) < 4.78 is 11.6. The molecule has 0 aliphatic carbocycles. The Morgan fingerprint density at radius 3 is 2.55 bits per heavy atom. The minimum absolute atomic E-state index is 0.0990. The highest BCUT2D eigenvalue weighted by atomic mass is 79.9. The first-order valence-corrected chi connectivity index (χ1v) is 11.8. The molecule has 2 aliphatic heterocycles.